The van der Waals surface area contributed by atoms with E-state index in [1.165, 1.54) is 13.0 Å². The number of nitro groups is 1. The molecule has 2 aromatic rings. The van der Waals surface area contributed by atoms with E-state index in [4.69, 9.17) is 0 Å². The number of nitrogens with zero attached hydrogens (tertiary/aromatic N) is 3. The van der Waals surface area contributed by atoms with Gasteiger partial charge in [-0.2, -0.15) is 13.2 Å². The molecule has 28 heavy (non-hydrogen) atoms. The molecule has 1 aliphatic heterocycles. The first-order valence-electron chi connectivity index (χ1n) is 8.63. The molecule has 1 heterocycles. The summed E-state index contributed by atoms with van der Waals surface area (Å²) >= 11 is 0. The van der Waals surface area contributed by atoms with Crippen LogP contribution in [0.3, 0.4) is 0 Å². The minimum absolute atomic E-state index is 0.0185. The Bertz CT molecular complexity index is 890. The van der Waals surface area contributed by atoms with Crippen molar-refractivity contribution < 1.29 is 22.9 Å². The predicted octanol–water partition coefficient (Wildman–Crippen LogP) is 4.14. The zero-order valence-corrected chi connectivity index (χ0v) is 15.1. The monoisotopic (exact) mass is 393 g/mol. The number of piperazine rings is 1. The summed E-state index contributed by atoms with van der Waals surface area (Å²) in [5.74, 6) is -0.0185. The summed E-state index contributed by atoms with van der Waals surface area (Å²) in [6.45, 7) is 3.61. The lowest BCUT2D eigenvalue weighted by molar-refractivity contribution is -0.388. The van der Waals surface area contributed by atoms with Gasteiger partial charge in [0.05, 0.1) is 4.92 Å². The van der Waals surface area contributed by atoms with Crippen LogP contribution in [0.2, 0.25) is 0 Å². The highest BCUT2D eigenvalue weighted by Gasteiger charge is 2.39. The van der Waals surface area contributed by atoms with Gasteiger partial charge in [-0.1, -0.05) is 0 Å². The zero-order valence-electron chi connectivity index (χ0n) is 15.1. The fourth-order valence-electron chi connectivity index (χ4n) is 3.24. The van der Waals surface area contributed by atoms with Gasteiger partial charge in [0.1, 0.15) is 5.56 Å². The van der Waals surface area contributed by atoms with Crippen LogP contribution in [-0.2, 0) is 6.18 Å². The van der Waals surface area contributed by atoms with Crippen molar-refractivity contribution in [2.45, 2.75) is 13.1 Å². The highest BCUT2D eigenvalue weighted by Crippen LogP contribution is 2.38. The van der Waals surface area contributed by atoms with Gasteiger partial charge < -0.3 is 9.80 Å². The summed E-state index contributed by atoms with van der Waals surface area (Å²) in [6, 6.07) is 10.3. The van der Waals surface area contributed by atoms with Crippen LogP contribution in [0.4, 0.5) is 30.2 Å². The minimum atomic E-state index is -4.79. The second-order valence-electron chi connectivity index (χ2n) is 6.53. The molecule has 9 heteroatoms. The fraction of sp³-hybridized carbons (Fsp3) is 0.316. The number of hydrogen-bond acceptors (Lipinski definition) is 5. The number of halogens is 3. The van der Waals surface area contributed by atoms with E-state index >= 15 is 0 Å². The molecular formula is C19H18F3N3O3. The van der Waals surface area contributed by atoms with Crippen LogP contribution in [0, 0.1) is 10.1 Å². The number of carbonyl (C=O) groups is 1. The molecule has 0 amide bonds. The van der Waals surface area contributed by atoms with E-state index in [9.17, 15) is 28.1 Å². The molecule has 0 unspecified atom stereocenters. The van der Waals surface area contributed by atoms with E-state index in [0.717, 1.165) is 17.8 Å². The summed E-state index contributed by atoms with van der Waals surface area (Å²) in [4.78, 5) is 25.1. The number of Topliss-reactive ketones (excluding diaryl/α,β-unsaturated/α-hetero) is 1. The Hall–Kier alpha value is -3.10. The fourth-order valence-corrected chi connectivity index (χ4v) is 3.24. The van der Waals surface area contributed by atoms with E-state index in [0.29, 0.717) is 37.4 Å². The summed E-state index contributed by atoms with van der Waals surface area (Å²) in [5.41, 5.74) is -0.320. The third-order valence-corrected chi connectivity index (χ3v) is 4.77. The molecule has 1 fully saturated rings. The third kappa shape index (κ3) is 4.08. The quantitative estimate of drug-likeness (QED) is 0.444. The molecule has 1 saturated heterocycles. The number of anilines is 2. The van der Waals surface area contributed by atoms with Crippen molar-refractivity contribution in [1.29, 1.82) is 0 Å². The zero-order chi connectivity index (χ0) is 20.5. The Balaban J connectivity index is 1.74. The largest absolute Gasteiger partial charge is 0.423 e. The maximum absolute atomic E-state index is 13.2. The molecule has 0 aromatic heterocycles. The average Bonchev–Trinajstić information content (AvgIpc) is 2.67. The summed E-state index contributed by atoms with van der Waals surface area (Å²) in [5, 5.41) is 10.9. The Morgan fingerprint density at radius 2 is 1.46 bits per heavy atom. The Morgan fingerprint density at radius 1 is 0.964 bits per heavy atom. The predicted molar refractivity (Wildman–Crippen MR) is 99.0 cm³/mol. The van der Waals surface area contributed by atoms with Crippen molar-refractivity contribution >= 4 is 22.8 Å². The molecule has 0 saturated carbocycles. The second kappa shape index (κ2) is 7.49. The molecule has 0 N–H and O–H groups in total. The molecule has 0 bridgehead atoms. The van der Waals surface area contributed by atoms with E-state index < -0.39 is 22.4 Å². The van der Waals surface area contributed by atoms with Gasteiger partial charge in [0.25, 0.3) is 5.69 Å². The molecule has 0 spiro atoms. The number of ketones is 1. The van der Waals surface area contributed by atoms with Crippen molar-refractivity contribution in [2.75, 3.05) is 36.0 Å². The number of rotatable bonds is 4. The second-order valence-corrected chi connectivity index (χ2v) is 6.53. The summed E-state index contributed by atoms with van der Waals surface area (Å²) < 4.78 is 39.5. The molecule has 1 aliphatic rings. The smallest absolute Gasteiger partial charge is 0.368 e. The van der Waals surface area contributed by atoms with Gasteiger partial charge in [-0.15, -0.1) is 0 Å². The van der Waals surface area contributed by atoms with Crippen LogP contribution in [-0.4, -0.2) is 36.9 Å². The first-order chi connectivity index (χ1) is 13.2. The summed E-state index contributed by atoms with van der Waals surface area (Å²) in [6.07, 6.45) is -4.79. The Labute approximate surface area is 159 Å². The van der Waals surface area contributed by atoms with Crippen molar-refractivity contribution in [1.82, 2.24) is 0 Å². The molecule has 0 aliphatic carbocycles. The van der Waals surface area contributed by atoms with Gasteiger partial charge in [-0.05, 0) is 43.3 Å². The van der Waals surface area contributed by atoms with Crippen LogP contribution in [0.1, 0.15) is 22.8 Å². The number of alkyl halides is 3. The van der Waals surface area contributed by atoms with Gasteiger partial charge in [0.2, 0.25) is 0 Å². The van der Waals surface area contributed by atoms with Gasteiger partial charge >= 0.3 is 6.18 Å². The standard InChI is InChI=1S/C19H18F3N3O3/c1-13(26)14-2-4-15(5-3-14)23-8-10-24(11-9-23)16-6-7-18(25(27)28)17(12-16)19(20,21)22/h2-7,12H,8-11H2,1H3. The maximum Gasteiger partial charge on any atom is 0.423 e. The molecule has 0 radical (unpaired) electrons. The van der Waals surface area contributed by atoms with Gasteiger partial charge in [-0.3, -0.25) is 14.9 Å². The lowest BCUT2D eigenvalue weighted by Gasteiger charge is -2.37. The van der Waals surface area contributed by atoms with E-state index in [1.807, 2.05) is 12.1 Å². The molecule has 3 rings (SSSR count). The third-order valence-electron chi connectivity index (χ3n) is 4.77. The number of nitro benzene ring substituents is 1. The van der Waals surface area contributed by atoms with E-state index in [2.05, 4.69) is 4.90 Å². The van der Waals surface area contributed by atoms with Crippen LogP contribution < -0.4 is 9.80 Å². The summed E-state index contributed by atoms with van der Waals surface area (Å²) in [7, 11) is 0. The van der Waals surface area contributed by atoms with Crippen molar-refractivity contribution in [3.8, 4) is 0 Å². The Kier molecular flexibility index (Phi) is 5.26. The van der Waals surface area contributed by atoms with Crippen molar-refractivity contribution in [2.24, 2.45) is 0 Å². The Morgan fingerprint density at radius 3 is 1.93 bits per heavy atom. The maximum atomic E-state index is 13.2. The first-order valence-corrected chi connectivity index (χ1v) is 8.63. The SMILES string of the molecule is CC(=O)c1ccc(N2CCN(c3ccc([N+](=O)[O-])c(C(F)(F)F)c3)CC2)cc1. The van der Waals surface area contributed by atoms with Gasteiger partial charge in [0.15, 0.2) is 5.78 Å². The van der Waals surface area contributed by atoms with Crippen molar-refractivity contribution in [3.05, 3.63) is 63.7 Å². The number of hydrogen-bond donors (Lipinski definition) is 0. The van der Waals surface area contributed by atoms with Gasteiger partial charge in [0, 0.05) is 49.2 Å². The lowest BCUT2D eigenvalue weighted by Crippen LogP contribution is -2.46. The first kappa shape index (κ1) is 19.7. The molecule has 6 nitrogen and oxygen atoms in total. The molecule has 0 atom stereocenters. The topological polar surface area (TPSA) is 66.7 Å². The number of benzene rings is 2. The molecular weight excluding hydrogens is 375 g/mol. The highest BCUT2D eigenvalue weighted by molar-refractivity contribution is 5.94. The lowest BCUT2D eigenvalue weighted by atomic mass is 10.1. The van der Waals surface area contributed by atoms with E-state index in [1.54, 1.807) is 17.0 Å². The highest BCUT2D eigenvalue weighted by atomic mass is 19.4. The van der Waals surface area contributed by atoms with Gasteiger partial charge in [-0.25, -0.2) is 0 Å². The average molecular weight is 393 g/mol. The normalized spacial score (nSPS) is 14.9. The molecule has 148 valence electrons. The van der Waals surface area contributed by atoms with Crippen LogP contribution in [0.5, 0.6) is 0 Å². The van der Waals surface area contributed by atoms with Crippen LogP contribution in [0.25, 0.3) is 0 Å². The van der Waals surface area contributed by atoms with Crippen molar-refractivity contribution in [3.63, 3.8) is 0 Å². The van der Waals surface area contributed by atoms with Crippen LogP contribution >= 0.6 is 0 Å². The minimum Gasteiger partial charge on any atom is -0.368 e. The van der Waals surface area contributed by atoms with Crippen LogP contribution in [0.15, 0.2) is 42.5 Å². The number of carbonyl (C=O) groups excluding carboxylic acids is 1. The van der Waals surface area contributed by atoms with E-state index in [-0.39, 0.29) is 5.78 Å². The molecule has 2 aromatic carbocycles.